The zero-order valence-electron chi connectivity index (χ0n) is 11.3. The molecular formula is C12H19N5O2. The third-order valence-corrected chi connectivity index (χ3v) is 2.61. The van der Waals surface area contributed by atoms with Crippen LogP contribution in [-0.4, -0.2) is 35.0 Å². The van der Waals surface area contributed by atoms with E-state index < -0.39 is 4.92 Å². The fourth-order valence-corrected chi connectivity index (χ4v) is 1.62. The molecule has 7 nitrogen and oxygen atoms in total. The molecule has 0 aliphatic carbocycles. The van der Waals surface area contributed by atoms with Gasteiger partial charge < -0.3 is 10.2 Å². The number of nitrogens with zero attached hydrogens (tertiary/aromatic N) is 4. The highest BCUT2D eigenvalue weighted by molar-refractivity contribution is 5.70. The number of anilines is 2. The predicted octanol–water partition coefficient (Wildman–Crippen LogP) is 2.22. The molecule has 1 N–H and O–H groups in total. The molecule has 0 spiro atoms. The van der Waals surface area contributed by atoms with E-state index in [1.54, 1.807) is 18.0 Å². The number of hydrogen-bond donors (Lipinski definition) is 1. The summed E-state index contributed by atoms with van der Waals surface area (Å²) in [6, 6.07) is 0. The summed E-state index contributed by atoms with van der Waals surface area (Å²) >= 11 is 0. The van der Waals surface area contributed by atoms with Crippen LogP contribution in [0.4, 0.5) is 17.3 Å². The number of unbranched alkanes of at least 4 members (excludes halogenated alkanes) is 1. The van der Waals surface area contributed by atoms with Crippen molar-refractivity contribution < 1.29 is 4.92 Å². The molecule has 0 radical (unpaired) electrons. The average Bonchev–Trinajstić information content (AvgIpc) is 2.41. The quantitative estimate of drug-likeness (QED) is 0.441. The van der Waals surface area contributed by atoms with E-state index in [0.717, 1.165) is 19.4 Å². The van der Waals surface area contributed by atoms with E-state index in [1.165, 1.54) is 6.33 Å². The fraction of sp³-hybridized carbons (Fsp3) is 0.500. The minimum Gasteiger partial charge on any atom is -0.361 e. The second kappa shape index (κ2) is 7.30. The summed E-state index contributed by atoms with van der Waals surface area (Å²) < 4.78 is 0. The van der Waals surface area contributed by atoms with Gasteiger partial charge in [-0.25, -0.2) is 9.97 Å². The van der Waals surface area contributed by atoms with Gasteiger partial charge in [0.15, 0.2) is 0 Å². The van der Waals surface area contributed by atoms with Crippen LogP contribution < -0.4 is 10.2 Å². The Kier molecular flexibility index (Phi) is 5.72. The summed E-state index contributed by atoms with van der Waals surface area (Å²) in [6.07, 6.45) is 4.92. The van der Waals surface area contributed by atoms with Crippen molar-refractivity contribution in [3.8, 4) is 0 Å². The molecule has 0 bridgehead atoms. The van der Waals surface area contributed by atoms with Crippen molar-refractivity contribution in [1.82, 2.24) is 9.97 Å². The third kappa shape index (κ3) is 3.90. The fourth-order valence-electron chi connectivity index (χ4n) is 1.62. The molecule has 0 aliphatic rings. The monoisotopic (exact) mass is 265 g/mol. The van der Waals surface area contributed by atoms with Crippen molar-refractivity contribution in [2.24, 2.45) is 0 Å². The number of aromatic nitrogens is 2. The first-order valence-corrected chi connectivity index (χ1v) is 6.17. The first-order valence-electron chi connectivity index (χ1n) is 6.17. The van der Waals surface area contributed by atoms with Crippen molar-refractivity contribution in [2.45, 2.75) is 19.8 Å². The Morgan fingerprint density at radius 1 is 1.58 bits per heavy atom. The predicted molar refractivity (Wildman–Crippen MR) is 75.6 cm³/mol. The lowest BCUT2D eigenvalue weighted by Crippen LogP contribution is -2.21. The van der Waals surface area contributed by atoms with E-state index in [-0.39, 0.29) is 11.5 Å². The summed E-state index contributed by atoms with van der Waals surface area (Å²) in [5, 5.41) is 14.1. The summed E-state index contributed by atoms with van der Waals surface area (Å²) in [5.41, 5.74) is -0.0945. The molecule has 0 atom stereocenters. The van der Waals surface area contributed by atoms with Crippen molar-refractivity contribution in [1.29, 1.82) is 0 Å². The summed E-state index contributed by atoms with van der Waals surface area (Å²) in [7, 11) is 1.79. The maximum Gasteiger partial charge on any atom is 0.353 e. The van der Waals surface area contributed by atoms with Gasteiger partial charge in [-0.15, -0.1) is 6.58 Å². The van der Waals surface area contributed by atoms with Crippen LogP contribution in [0.2, 0.25) is 0 Å². The summed E-state index contributed by atoms with van der Waals surface area (Å²) in [5.74, 6) is 0.554. The normalized spacial score (nSPS) is 10.0. The van der Waals surface area contributed by atoms with Gasteiger partial charge in [0, 0.05) is 20.1 Å². The minimum atomic E-state index is -0.455. The first-order chi connectivity index (χ1) is 9.11. The van der Waals surface area contributed by atoms with Gasteiger partial charge in [0.05, 0.1) is 4.92 Å². The Morgan fingerprint density at radius 2 is 2.32 bits per heavy atom. The lowest BCUT2D eigenvalue weighted by atomic mass is 10.3. The minimum absolute atomic E-state index is 0.0945. The average molecular weight is 265 g/mol. The zero-order valence-corrected chi connectivity index (χ0v) is 11.3. The van der Waals surface area contributed by atoms with Crippen LogP contribution in [0, 0.1) is 10.1 Å². The molecule has 1 heterocycles. The van der Waals surface area contributed by atoms with E-state index in [4.69, 9.17) is 0 Å². The van der Waals surface area contributed by atoms with Crippen molar-refractivity contribution in [3.63, 3.8) is 0 Å². The van der Waals surface area contributed by atoms with Gasteiger partial charge in [-0.05, 0) is 6.42 Å². The first kappa shape index (κ1) is 14.9. The molecular weight excluding hydrogens is 246 g/mol. The standard InChI is InChI=1S/C12H19N5O2/c1-4-6-8-16(3)12-10(17(18)19)11(13-7-5-2)14-9-15-12/h5,9H,2,4,6-8H2,1,3H3,(H,13,14,15). The SMILES string of the molecule is C=CCNc1ncnc(N(C)CCCC)c1[N+](=O)[O-]. The molecule has 104 valence electrons. The van der Waals surface area contributed by atoms with Crippen LogP contribution in [0.5, 0.6) is 0 Å². The van der Waals surface area contributed by atoms with Crippen LogP contribution in [0.15, 0.2) is 19.0 Å². The zero-order chi connectivity index (χ0) is 14.3. The Morgan fingerprint density at radius 3 is 2.89 bits per heavy atom. The van der Waals surface area contributed by atoms with E-state index in [9.17, 15) is 10.1 Å². The maximum absolute atomic E-state index is 11.2. The molecule has 0 amide bonds. The summed E-state index contributed by atoms with van der Waals surface area (Å²) in [4.78, 5) is 20.5. The van der Waals surface area contributed by atoms with Gasteiger partial charge in [0.25, 0.3) is 0 Å². The highest BCUT2D eigenvalue weighted by atomic mass is 16.6. The van der Waals surface area contributed by atoms with E-state index >= 15 is 0 Å². The van der Waals surface area contributed by atoms with Crippen molar-refractivity contribution in [3.05, 3.63) is 29.1 Å². The molecule has 1 rings (SSSR count). The molecule has 0 aliphatic heterocycles. The molecule has 1 aromatic heterocycles. The highest BCUT2D eigenvalue weighted by Gasteiger charge is 2.24. The van der Waals surface area contributed by atoms with E-state index in [0.29, 0.717) is 12.4 Å². The third-order valence-electron chi connectivity index (χ3n) is 2.61. The van der Waals surface area contributed by atoms with Gasteiger partial charge in [-0.1, -0.05) is 19.4 Å². The van der Waals surface area contributed by atoms with Gasteiger partial charge >= 0.3 is 5.69 Å². The second-order valence-electron chi connectivity index (χ2n) is 4.10. The molecule has 0 unspecified atom stereocenters. The van der Waals surface area contributed by atoms with Crippen LogP contribution in [0.3, 0.4) is 0 Å². The molecule has 19 heavy (non-hydrogen) atoms. The highest BCUT2D eigenvalue weighted by Crippen LogP contribution is 2.30. The molecule has 0 fully saturated rings. The smallest absolute Gasteiger partial charge is 0.353 e. The van der Waals surface area contributed by atoms with E-state index in [1.807, 2.05) is 0 Å². The summed E-state index contributed by atoms with van der Waals surface area (Å²) in [6.45, 7) is 6.76. The molecule has 1 aromatic rings. The van der Waals surface area contributed by atoms with Crippen LogP contribution >= 0.6 is 0 Å². The lowest BCUT2D eigenvalue weighted by molar-refractivity contribution is -0.383. The number of nitro groups is 1. The lowest BCUT2D eigenvalue weighted by Gasteiger charge is -2.18. The van der Waals surface area contributed by atoms with Crippen LogP contribution in [-0.2, 0) is 0 Å². The van der Waals surface area contributed by atoms with Crippen molar-refractivity contribution >= 4 is 17.3 Å². The van der Waals surface area contributed by atoms with Crippen LogP contribution in [0.25, 0.3) is 0 Å². The maximum atomic E-state index is 11.2. The second-order valence-corrected chi connectivity index (χ2v) is 4.10. The number of nitrogens with one attached hydrogen (secondary N) is 1. The Labute approximate surface area is 112 Å². The largest absolute Gasteiger partial charge is 0.361 e. The van der Waals surface area contributed by atoms with Crippen LogP contribution in [0.1, 0.15) is 19.8 Å². The van der Waals surface area contributed by atoms with Crippen molar-refractivity contribution in [2.75, 3.05) is 30.4 Å². The van der Waals surface area contributed by atoms with Gasteiger partial charge in [-0.2, -0.15) is 0 Å². The molecule has 0 saturated carbocycles. The number of hydrogen-bond acceptors (Lipinski definition) is 6. The van der Waals surface area contributed by atoms with Gasteiger partial charge in [-0.3, -0.25) is 10.1 Å². The van der Waals surface area contributed by atoms with Gasteiger partial charge in [0.2, 0.25) is 11.6 Å². The Hall–Kier alpha value is -2.18. The van der Waals surface area contributed by atoms with Gasteiger partial charge in [0.1, 0.15) is 6.33 Å². The topological polar surface area (TPSA) is 84.2 Å². The Balaban J connectivity index is 3.08. The number of rotatable bonds is 8. The molecule has 0 saturated heterocycles. The molecule has 0 aromatic carbocycles. The Bertz CT molecular complexity index is 450. The molecule has 7 heteroatoms. The van der Waals surface area contributed by atoms with E-state index in [2.05, 4.69) is 28.8 Å².